The van der Waals surface area contributed by atoms with Gasteiger partial charge in [-0.05, 0) is 43.5 Å². The van der Waals surface area contributed by atoms with Gasteiger partial charge in [-0.1, -0.05) is 43.2 Å². The fourth-order valence-corrected chi connectivity index (χ4v) is 4.20. The number of carbonyl (C=O) groups is 3. The van der Waals surface area contributed by atoms with Crippen LogP contribution in [0.2, 0.25) is 0 Å². The number of para-hydroxylation sites is 2. The average molecular weight is 378 g/mol. The maximum Gasteiger partial charge on any atom is 0.338 e. The molecule has 6 nitrogen and oxygen atoms in total. The number of nitrogens with zero attached hydrogens (tertiary/aromatic N) is 1. The quantitative estimate of drug-likeness (QED) is 0.830. The van der Waals surface area contributed by atoms with Crippen molar-refractivity contribution in [2.45, 2.75) is 38.1 Å². The van der Waals surface area contributed by atoms with Crippen LogP contribution >= 0.6 is 0 Å². The van der Waals surface area contributed by atoms with Gasteiger partial charge < -0.3 is 10.1 Å². The number of nitrogens with one attached hydrogen (secondary N) is 1. The predicted octanol–water partition coefficient (Wildman–Crippen LogP) is 3.45. The van der Waals surface area contributed by atoms with Gasteiger partial charge in [-0.25, -0.2) is 4.79 Å². The van der Waals surface area contributed by atoms with Crippen molar-refractivity contribution in [2.24, 2.45) is 0 Å². The normalized spacial score (nSPS) is 17.2. The van der Waals surface area contributed by atoms with Crippen LogP contribution < -0.4 is 10.2 Å². The summed E-state index contributed by atoms with van der Waals surface area (Å²) in [6.07, 6.45) is 2.96. The van der Waals surface area contributed by atoms with E-state index >= 15 is 0 Å². The number of fused-ring (bicyclic) bond motifs is 1. The third kappa shape index (κ3) is 2.95. The molecular formula is C22H22N2O4. The molecule has 0 atom stereocenters. The van der Waals surface area contributed by atoms with E-state index in [1.54, 1.807) is 23.1 Å². The van der Waals surface area contributed by atoms with Crippen LogP contribution in [0.5, 0.6) is 0 Å². The molecule has 0 saturated heterocycles. The molecule has 0 unspecified atom stereocenters. The predicted molar refractivity (Wildman–Crippen MR) is 105 cm³/mol. The highest BCUT2D eigenvalue weighted by atomic mass is 16.5. The molecule has 1 aliphatic heterocycles. The van der Waals surface area contributed by atoms with Crippen molar-refractivity contribution in [1.82, 2.24) is 0 Å². The monoisotopic (exact) mass is 378 g/mol. The first-order chi connectivity index (χ1) is 13.5. The second kappa shape index (κ2) is 7.11. The van der Waals surface area contributed by atoms with Gasteiger partial charge in [0.25, 0.3) is 11.8 Å². The Labute approximate surface area is 163 Å². The van der Waals surface area contributed by atoms with Crippen molar-refractivity contribution in [3.63, 3.8) is 0 Å². The maximum atomic E-state index is 13.2. The van der Waals surface area contributed by atoms with E-state index in [4.69, 9.17) is 4.74 Å². The van der Waals surface area contributed by atoms with Crippen molar-refractivity contribution in [3.8, 4) is 0 Å². The van der Waals surface area contributed by atoms with Crippen molar-refractivity contribution >= 4 is 29.2 Å². The topological polar surface area (TPSA) is 75.7 Å². The van der Waals surface area contributed by atoms with Crippen LogP contribution in [0.1, 0.15) is 41.6 Å². The number of carbonyl (C=O) groups excluding carboxylic acids is 3. The molecule has 0 bridgehead atoms. The standard InChI is InChI=1S/C22H22N2O4/c1-15-8-2-3-9-16(15)20(26)28-14-19(25)24-18-11-5-4-10-17(18)23-21(27)22(24)12-6-7-13-22/h2-5,8-11H,6-7,12-14H2,1H3,(H,23,27). The van der Waals surface area contributed by atoms with E-state index in [2.05, 4.69) is 5.32 Å². The van der Waals surface area contributed by atoms with Crippen LogP contribution in [0, 0.1) is 6.92 Å². The zero-order valence-electron chi connectivity index (χ0n) is 15.7. The van der Waals surface area contributed by atoms with Crippen molar-refractivity contribution in [3.05, 3.63) is 59.7 Å². The Morgan fingerprint density at radius 2 is 1.75 bits per heavy atom. The minimum Gasteiger partial charge on any atom is -0.452 e. The molecule has 1 heterocycles. The Morgan fingerprint density at radius 1 is 1.07 bits per heavy atom. The minimum atomic E-state index is -0.902. The zero-order chi connectivity index (χ0) is 19.7. The molecule has 6 heteroatoms. The van der Waals surface area contributed by atoms with E-state index in [0.29, 0.717) is 29.8 Å². The summed E-state index contributed by atoms with van der Waals surface area (Å²) in [6.45, 7) is 1.41. The molecule has 0 aromatic heterocycles. The lowest BCUT2D eigenvalue weighted by molar-refractivity contribution is -0.129. The highest BCUT2D eigenvalue weighted by molar-refractivity contribution is 6.15. The van der Waals surface area contributed by atoms with Crippen LogP contribution in [0.3, 0.4) is 0 Å². The Balaban J connectivity index is 1.60. The molecule has 1 spiro atoms. The summed E-state index contributed by atoms with van der Waals surface area (Å²) in [5.41, 5.74) is 1.57. The van der Waals surface area contributed by atoms with Crippen LogP contribution in [-0.4, -0.2) is 29.9 Å². The van der Waals surface area contributed by atoms with Gasteiger partial charge in [0.15, 0.2) is 6.61 Å². The van der Waals surface area contributed by atoms with E-state index in [0.717, 1.165) is 18.4 Å². The van der Waals surface area contributed by atoms with Gasteiger partial charge >= 0.3 is 5.97 Å². The van der Waals surface area contributed by atoms with Crippen LogP contribution in [0.25, 0.3) is 0 Å². The molecule has 144 valence electrons. The second-order valence-electron chi connectivity index (χ2n) is 7.33. The number of hydrogen-bond acceptors (Lipinski definition) is 4. The van der Waals surface area contributed by atoms with Crippen LogP contribution in [0.15, 0.2) is 48.5 Å². The molecule has 1 fully saturated rings. The molecule has 2 aromatic carbocycles. The van der Waals surface area contributed by atoms with Gasteiger partial charge in [0, 0.05) is 0 Å². The lowest BCUT2D eigenvalue weighted by Crippen LogP contribution is -2.61. The first-order valence-electron chi connectivity index (χ1n) is 9.49. The first-order valence-corrected chi connectivity index (χ1v) is 9.49. The van der Waals surface area contributed by atoms with E-state index < -0.39 is 18.1 Å². The lowest BCUT2D eigenvalue weighted by Gasteiger charge is -2.44. The maximum absolute atomic E-state index is 13.2. The SMILES string of the molecule is Cc1ccccc1C(=O)OCC(=O)N1c2ccccc2NC(=O)C12CCCC2. The number of ether oxygens (including phenoxy) is 1. The number of hydrogen-bond donors (Lipinski definition) is 1. The summed E-state index contributed by atoms with van der Waals surface area (Å²) >= 11 is 0. The Bertz CT molecular complexity index is 947. The number of anilines is 2. The summed E-state index contributed by atoms with van der Waals surface area (Å²) in [7, 11) is 0. The molecule has 1 saturated carbocycles. The molecule has 4 rings (SSSR count). The number of amides is 2. The molecule has 2 aliphatic rings. The van der Waals surface area contributed by atoms with Crippen molar-refractivity contribution < 1.29 is 19.1 Å². The van der Waals surface area contributed by atoms with E-state index in [-0.39, 0.29) is 11.8 Å². The molecule has 1 N–H and O–H groups in total. The fraction of sp³-hybridized carbons (Fsp3) is 0.318. The van der Waals surface area contributed by atoms with Crippen LogP contribution in [-0.2, 0) is 14.3 Å². The largest absolute Gasteiger partial charge is 0.452 e. The zero-order valence-corrected chi connectivity index (χ0v) is 15.7. The molecule has 1 aliphatic carbocycles. The van der Waals surface area contributed by atoms with Gasteiger partial charge in [0.2, 0.25) is 0 Å². The lowest BCUT2D eigenvalue weighted by atomic mass is 9.90. The summed E-state index contributed by atoms with van der Waals surface area (Å²) in [5.74, 6) is -1.09. The van der Waals surface area contributed by atoms with E-state index in [1.165, 1.54) is 0 Å². The third-order valence-electron chi connectivity index (χ3n) is 5.62. The Hall–Kier alpha value is -3.15. The smallest absolute Gasteiger partial charge is 0.338 e. The average Bonchev–Trinajstić information content (AvgIpc) is 3.18. The molecule has 2 amide bonds. The van der Waals surface area contributed by atoms with E-state index in [1.807, 2.05) is 37.3 Å². The number of aryl methyl sites for hydroxylation is 1. The summed E-state index contributed by atoms with van der Waals surface area (Å²) in [6, 6.07) is 14.3. The Morgan fingerprint density at radius 3 is 2.50 bits per heavy atom. The van der Waals surface area contributed by atoms with Gasteiger partial charge in [0.1, 0.15) is 5.54 Å². The highest BCUT2D eigenvalue weighted by Crippen LogP contribution is 2.45. The fourth-order valence-electron chi connectivity index (χ4n) is 4.20. The van der Waals surface area contributed by atoms with Crippen molar-refractivity contribution in [2.75, 3.05) is 16.8 Å². The first kappa shape index (κ1) is 18.2. The van der Waals surface area contributed by atoms with Gasteiger partial charge in [-0.15, -0.1) is 0 Å². The summed E-state index contributed by atoms with van der Waals surface area (Å²) in [4.78, 5) is 40.0. The van der Waals surface area contributed by atoms with Gasteiger partial charge in [-0.3, -0.25) is 14.5 Å². The van der Waals surface area contributed by atoms with Crippen LogP contribution in [0.4, 0.5) is 11.4 Å². The number of rotatable bonds is 3. The number of benzene rings is 2. The molecule has 2 aromatic rings. The second-order valence-corrected chi connectivity index (χ2v) is 7.33. The highest BCUT2D eigenvalue weighted by Gasteiger charge is 2.52. The molecule has 0 radical (unpaired) electrons. The Kier molecular flexibility index (Phi) is 4.63. The van der Waals surface area contributed by atoms with Gasteiger partial charge in [-0.2, -0.15) is 0 Å². The summed E-state index contributed by atoms with van der Waals surface area (Å²) in [5, 5.41) is 2.94. The van der Waals surface area contributed by atoms with Gasteiger partial charge in [0.05, 0.1) is 16.9 Å². The number of esters is 1. The van der Waals surface area contributed by atoms with E-state index in [9.17, 15) is 14.4 Å². The molecule has 28 heavy (non-hydrogen) atoms. The minimum absolute atomic E-state index is 0.165. The van der Waals surface area contributed by atoms with Crippen molar-refractivity contribution in [1.29, 1.82) is 0 Å². The third-order valence-corrected chi connectivity index (χ3v) is 5.62. The summed E-state index contributed by atoms with van der Waals surface area (Å²) < 4.78 is 5.32. The molecular weight excluding hydrogens is 356 g/mol.